The molecule has 0 bridgehead atoms. The summed E-state index contributed by atoms with van der Waals surface area (Å²) in [6.45, 7) is 2.27. The molecule has 1 heterocycles. The van der Waals surface area contributed by atoms with Crippen LogP contribution in [-0.4, -0.2) is 71.1 Å². The largest absolute Gasteiger partial charge is 0.490 e. The third-order valence-electron chi connectivity index (χ3n) is 6.89. The third-order valence-corrected chi connectivity index (χ3v) is 6.89. The van der Waals surface area contributed by atoms with Crippen LogP contribution in [0.1, 0.15) is 29.3 Å². The lowest BCUT2D eigenvalue weighted by atomic mass is 9.99. The molecule has 4 rings (SSSR count). The number of aromatic nitrogens is 1. The molecule has 0 aliphatic carbocycles. The molecule has 3 aromatic carbocycles. The molecule has 0 radical (unpaired) electrons. The molecule has 1 aromatic heterocycles. The maximum atomic E-state index is 13.4. The summed E-state index contributed by atoms with van der Waals surface area (Å²) in [5.41, 5.74) is 4.34. The number of amides is 2. The highest BCUT2D eigenvalue weighted by molar-refractivity contribution is 5.86. The first kappa shape index (κ1) is 39.5. The van der Waals surface area contributed by atoms with Crippen LogP contribution in [0.15, 0.2) is 103 Å². The summed E-state index contributed by atoms with van der Waals surface area (Å²) in [7, 11) is 0. The lowest BCUT2D eigenvalue weighted by Crippen LogP contribution is -2.50. The summed E-state index contributed by atoms with van der Waals surface area (Å²) in [5.74, 6) is -3.79. The Kier molecular flexibility index (Phi) is 15.4. The van der Waals surface area contributed by atoms with Gasteiger partial charge in [-0.05, 0) is 41.3 Å². The monoisotopic (exact) mass is 710 g/mol. The van der Waals surface area contributed by atoms with E-state index in [9.17, 15) is 32.7 Å². The number of carboxylic acids is 2. The SMILES string of the molecule is Cc1cccc(NCCOC(=O)NC(COCc2ccccc2)C(=O)NC(CC(=O)O)c2ccc(-c3ccccc3)cc2)n1.O=C(O)C(F)(F)F. The number of halogens is 3. The lowest BCUT2D eigenvalue weighted by molar-refractivity contribution is -0.192. The molecule has 2 amide bonds. The van der Waals surface area contributed by atoms with E-state index in [1.54, 1.807) is 18.2 Å². The summed E-state index contributed by atoms with van der Waals surface area (Å²) >= 11 is 0. The fourth-order valence-electron chi connectivity index (χ4n) is 4.44. The number of anilines is 1. The van der Waals surface area contributed by atoms with Crippen LogP contribution in [0.2, 0.25) is 0 Å². The molecule has 0 aliphatic heterocycles. The van der Waals surface area contributed by atoms with E-state index in [1.807, 2.05) is 91.9 Å². The predicted molar refractivity (Wildman–Crippen MR) is 181 cm³/mol. The molecular formula is C36H37F3N4O8. The van der Waals surface area contributed by atoms with Crippen molar-refractivity contribution in [1.29, 1.82) is 0 Å². The molecule has 0 spiro atoms. The maximum Gasteiger partial charge on any atom is 0.490 e. The van der Waals surface area contributed by atoms with Gasteiger partial charge in [-0.2, -0.15) is 13.2 Å². The van der Waals surface area contributed by atoms with E-state index in [2.05, 4.69) is 20.9 Å². The first-order valence-electron chi connectivity index (χ1n) is 15.5. The van der Waals surface area contributed by atoms with Gasteiger partial charge >= 0.3 is 24.2 Å². The molecule has 270 valence electrons. The van der Waals surface area contributed by atoms with Crippen molar-refractivity contribution < 1.29 is 52.0 Å². The maximum absolute atomic E-state index is 13.4. The molecule has 15 heteroatoms. The number of alkyl carbamates (subject to hydrolysis) is 1. The summed E-state index contributed by atoms with van der Waals surface area (Å²) in [4.78, 5) is 51.1. The molecule has 0 aliphatic rings. The van der Waals surface area contributed by atoms with Gasteiger partial charge in [-0.3, -0.25) is 9.59 Å². The fraction of sp³-hybridized carbons (Fsp3) is 0.250. The van der Waals surface area contributed by atoms with Crippen molar-refractivity contribution in [2.24, 2.45) is 0 Å². The lowest BCUT2D eigenvalue weighted by Gasteiger charge is -2.23. The molecule has 51 heavy (non-hydrogen) atoms. The highest BCUT2D eigenvalue weighted by Gasteiger charge is 2.38. The summed E-state index contributed by atoms with van der Waals surface area (Å²) < 4.78 is 42.8. The molecule has 5 N–H and O–H groups in total. The molecule has 0 saturated heterocycles. The van der Waals surface area contributed by atoms with Crippen molar-refractivity contribution in [2.45, 2.75) is 38.2 Å². The molecule has 12 nitrogen and oxygen atoms in total. The second-order valence-electron chi connectivity index (χ2n) is 10.9. The number of carbonyl (C=O) groups is 4. The molecule has 2 unspecified atom stereocenters. The Balaban J connectivity index is 0.000000908. The zero-order chi connectivity index (χ0) is 37.2. The van der Waals surface area contributed by atoms with Crippen molar-refractivity contribution in [3.63, 3.8) is 0 Å². The van der Waals surface area contributed by atoms with Gasteiger partial charge in [-0.15, -0.1) is 0 Å². The van der Waals surface area contributed by atoms with Gasteiger partial charge in [0.1, 0.15) is 18.5 Å². The minimum absolute atomic E-state index is 0.0239. The number of carboxylic acid groups (broad SMARTS) is 2. The Hall–Kier alpha value is -5.96. The minimum Gasteiger partial charge on any atom is -0.481 e. The van der Waals surface area contributed by atoms with Gasteiger partial charge < -0.3 is 35.6 Å². The van der Waals surface area contributed by atoms with Crippen molar-refractivity contribution in [2.75, 3.05) is 25.1 Å². The summed E-state index contributed by atoms with van der Waals surface area (Å²) in [5, 5.41) is 25.1. The van der Waals surface area contributed by atoms with Gasteiger partial charge in [-0.25, -0.2) is 14.6 Å². The number of hydrogen-bond acceptors (Lipinski definition) is 8. The number of aliphatic carboxylic acids is 2. The van der Waals surface area contributed by atoms with Gasteiger partial charge in [0, 0.05) is 5.69 Å². The normalized spacial score (nSPS) is 11.9. The van der Waals surface area contributed by atoms with E-state index in [0.29, 0.717) is 17.9 Å². The van der Waals surface area contributed by atoms with Crippen LogP contribution < -0.4 is 16.0 Å². The average molecular weight is 711 g/mol. The van der Waals surface area contributed by atoms with Crippen molar-refractivity contribution in [3.05, 3.63) is 120 Å². The Morgan fingerprint density at radius 2 is 1.41 bits per heavy atom. The second kappa shape index (κ2) is 19.9. The number of pyridine rings is 1. The zero-order valence-electron chi connectivity index (χ0n) is 27.4. The van der Waals surface area contributed by atoms with Crippen LogP contribution in [0, 0.1) is 6.92 Å². The smallest absolute Gasteiger partial charge is 0.481 e. The Morgan fingerprint density at radius 1 is 0.804 bits per heavy atom. The van der Waals surface area contributed by atoms with Gasteiger partial charge in [-0.1, -0.05) is 91.0 Å². The number of carbonyl (C=O) groups excluding carboxylic acids is 2. The van der Waals surface area contributed by atoms with E-state index < -0.39 is 42.2 Å². The standard InChI is InChI=1S/C34H36N4O6.C2HF3O2/c1-24-9-8-14-31(36-24)35-19-20-44-34(42)38-30(23-43-22-25-10-4-2-5-11-25)33(41)37-29(21-32(39)40)28-17-15-27(16-18-28)26-12-6-3-7-13-26;3-2(4,5)1(6)7/h2-18,29-30H,19-23H2,1H3,(H,35,36)(H,37,41)(H,38,42)(H,39,40);(H,6,7). The van der Waals surface area contributed by atoms with Crippen molar-refractivity contribution in [3.8, 4) is 11.1 Å². The van der Waals surface area contributed by atoms with Gasteiger partial charge in [0.2, 0.25) is 5.91 Å². The number of nitrogens with zero attached hydrogens (tertiary/aromatic N) is 1. The van der Waals surface area contributed by atoms with Gasteiger partial charge in [0.05, 0.1) is 32.2 Å². The van der Waals surface area contributed by atoms with Gasteiger partial charge in [0.25, 0.3) is 0 Å². The number of nitrogens with one attached hydrogen (secondary N) is 3. The first-order chi connectivity index (χ1) is 24.3. The number of ether oxygens (including phenoxy) is 2. The predicted octanol–water partition coefficient (Wildman–Crippen LogP) is 5.75. The summed E-state index contributed by atoms with van der Waals surface area (Å²) in [6, 6.07) is 30.1. The Morgan fingerprint density at radius 3 is 2.00 bits per heavy atom. The second-order valence-corrected chi connectivity index (χ2v) is 10.9. The molecule has 4 aromatic rings. The quantitative estimate of drug-likeness (QED) is 0.0956. The summed E-state index contributed by atoms with van der Waals surface area (Å²) in [6.07, 6.45) is -6.24. The molecule has 2 atom stereocenters. The zero-order valence-corrected chi connectivity index (χ0v) is 27.4. The topological polar surface area (TPSA) is 176 Å². The highest BCUT2D eigenvalue weighted by Crippen LogP contribution is 2.24. The van der Waals surface area contributed by atoms with E-state index >= 15 is 0 Å². The van der Waals surface area contributed by atoms with Crippen molar-refractivity contribution >= 4 is 29.8 Å². The van der Waals surface area contributed by atoms with Crippen LogP contribution in [0.25, 0.3) is 11.1 Å². The van der Waals surface area contributed by atoms with Crippen LogP contribution >= 0.6 is 0 Å². The Bertz CT molecular complexity index is 1710. The first-order valence-corrected chi connectivity index (χ1v) is 15.5. The van der Waals surface area contributed by atoms with Crippen molar-refractivity contribution in [1.82, 2.24) is 15.6 Å². The highest BCUT2D eigenvalue weighted by atomic mass is 19.4. The number of benzene rings is 3. The van der Waals surface area contributed by atoms with E-state index in [-0.39, 0.29) is 26.2 Å². The Labute approximate surface area is 291 Å². The van der Waals surface area contributed by atoms with Crippen LogP contribution in [-0.2, 0) is 30.5 Å². The third kappa shape index (κ3) is 14.6. The number of alkyl halides is 3. The van der Waals surface area contributed by atoms with Gasteiger partial charge in [0.15, 0.2) is 0 Å². The molecule has 0 saturated carbocycles. The van der Waals surface area contributed by atoms with E-state index in [1.165, 1.54) is 0 Å². The molecular weight excluding hydrogens is 673 g/mol. The van der Waals surface area contributed by atoms with Crippen LogP contribution in [0.5, 0.6) is 0 Å². The number of aryl methyl sites for hydroxylation is 1. The average Bonchev–Trinajstić information content (AvgIpc) is 3.10. The number of hydrogen-bond donors (Lipinski definition) is 5. The fourth-order valence-corrected chi connectivity index (χ4v) is 4.44. The van der Waals surface area contributed by atoms with E-state index in [0.717, 1.165) is 22.4 Å². The van der Waals surface area contributed by atoms with E-state index in [4.69, 9.17) is 19.4 Å². The number of rotatable bonds is 15. The molecule has 0 fully saturated rings. The van der Waals surface area contributed by atoms with Crippen LogP contribution in [0.4, 0.5) is 23.8 Å². The van der Waals surface area contributed by atoms with Crippen LogP contribution in [0.3, 0.4) is 0 Å². The minimum atomic E-state index is -5.08.